The first kappa shape index (κ1) is 19.9. The zero-order chi connectivity index (χ0) is 15.6. The first-order valence-corrected chi connectivity index (χ1v) is 12.3. The molecule has 0 aliphatic carbocycles. The zero-order valence-corrected chi connectivity index (χ0v) is 15.6. The molecule has 0 amide bonds. The molecular weight excluding hydrogens is 291 g/mol. The summed E-state index contributed by atoms with van der Waals surface area (Å²) in [5.74, 6) is 3.12. The van der Waals surface area contributed by atoms with Crippen LogP contribution in [0.2, 0.25) is 19.6 Å². The van der Waals surface area contributed by atoms with Gasteiger partial charge < -0.3 is 0 Å². The molecule has 0 spiro atoms. The van der Waals surface area contributed by atoms with Gasteiger partial charge in [-0.15, -0.1) is 5.54 Å². The van der Waals surface area contributed by atoms with E-state index in [9.17, 15) is 4.57 Å². The van der Waals surface area contributed by atoms with Crippen molar-refractivity contribution in [2.45, 2.75) is 65.8 Å². The fourth-order valence-corrected chi connectivity index (χ4v) is 3.30. The first-order chi connectivity index (χ1) is 9.26. The molecule has 0 N–H and O–H groups in total. The van der Waals surface area contributed by atoms with E-state index in [-0.39, 0.29) is 6.10 Å². The molecule has 0 unspecified atom stereocenters. The van der Waals surface area contributed by atoms with Crippen LogP contribution in [0.1, 0.15) is 40.0 Å². The van der Waals surface area contributed by atoms with Crippen LogP contribution in [0, 0.1) is 11.5 Å². The third-order valence-electron chi connectivity index (χ3n) is 2.26. The van der Waals surface area contributed by atoms with Crippen molar-refractivity contribution in [2.75, 3.05) is 13.2 Å². The maximum Gasteiger partial charge on any atom is 0.475 e. The molecule has 6 heteroatoms. The third-order valence-corrected chi connectivity index (χ3v) is 4.81. The molecule has 0 aromatic carbocycles. The Kier molecular flexibility index (Phi) is 9.70. The molecule has 20 heavy (non-hydrogen) atoms. The highest BCUT2D eigenvalue weighted by molar-refractivity contribution is 7.48. The van der Waals surface area contributed by atoms with Crippen molar-refractivity contribution in [3.63, 3.8) is 0 Å². The minimum atomic E-state index is -3.48. The Morgan fingerprint density at radius 2 is 1.65 bits per heavy atom. The zero-order valence-electron chi connectivity index (χ0n) is 13.7. The summed E-state index contributed by atoms with van der Waals surface area (Å²) in [6.45, 7) is 12.7. The summed E-state index contributed by atoms with van der Waals surface area (Å²) in [6.07, 6.45) is 2.38. The van der Waals surface area contributed by atoms with Crippen LogP contribution in [0.4, 0.5) is 0 Å². The Bertz CT molecular complexity index is 358. The quantitative estimate of drug-likeness (QED) is 0.353. The highest BCUT2D eigenvalue weighted by Gasteiger charge is 2.29. The van der Waals surface area contributed by atoms with E-state index in [4.69, 9.17) is 13.6 Å². The molecule has 0 bridgehead atoms. The van der Waals surface area contributed by atoms with Crippen LogP contribution in [-0.4, -0.2) is 27.4 Å². The van der Waals surface area contributed by atoms with E-state index < -0.39 is 15.9 Å². The largest absolute Gasteiger partial charge is 0.475 e. The summed E-state index contributed by atoms with van der Waals surface area (Å²) in [5.41, 5.74) is 3.27. The van der Waals surface area contributed by atoms with Crippen molar-refractivity contribution < 1.29 is 18.1 Å². The van der Waals surface area contributed by atoms with Crippen LogP contribution in [0.25, 0.3) is 0 Å². The number of rotatable bonds is 9. The normalized spacial score (nSPS) is 13.7. The van der Waals surface area contributed by atoms with Gasteiger partial charge in [0, 0.05) is 0 Å². The molecule has 4 nitrogen and oxygen atoms in total. The number of unbranched alkanes of at least 4 members (excludes halogenated alkanes) is 1. The van der Waals surface area contributed by atoms with Crippen molar-refractivity contribution in [1.29, 1.82) is 0 Å². The Morgan fingerprint density at radius 1 is 1.10 bits per heavy atom. The van der Waals surface area contributed by atoms with Gasteiger partial charge in [0.1, 0.15) is 14.2 Å². The molecule has 0 aliphatic heterocycles. The summed E-state index contributed by atoms with van der Waals surface area (Å²) >= 11 is 0. The van der Waals surface area contributed by atoms with Gasteiger partial charge in [0.05, 0.1) is 13.2 Å². The summed E-state index contributed by atoms with van der Waals surface area (Å²) < 4.78 is 28.3. The van der Waals surface area contributed by atoms with E-state index in [0.29, 0.717) is 13.2 Å². The second kappa shape index (κ2) is 9.76. The van der Waals surface area contributed by atoms with Gasteiger partial charge in [0.25, 0.3) is 0 Å². The molecular formula is C14H29O4PSi. The fraction of sp³-hybridized carbons (Fsp3) is 0.857. The maximum atomic E-state index is 12.4. The van der Waals surface area contributed by atoms with E-state index in [1.54, 1.807) is 13.8 Å². The Balaban J connectivity index is 4.91. The van der Waals surface area contributed by atoms with Gasteiger partial charge >= 0.3 is 7.82 Å². The van der Waals surface area contributed by atoms with Crippen molar-refractivity contribution in [2.24, 2.45) is 0 Å². The summed E-state index contributed by atoms with van der Waals surface area (Å²) in [5, 5.41) is 0. The molecule has 0 saturated heterocycles. The minimum Gasteiger partial charge on any atom is -0.287 e. The van der Waals surface area contributed by atoms with Gasteiger partial charge in [-0.05, 0) is 20.3 Å². The highest BCUT2D eigenvalue weighted by Crippen LogP contribution is 2.50. The Labute approximate surface area is 125 Å². The van der Waals surface area contributed by atoms with Crippen LogP contribution in [-0.2, 0) is 18.1 Å². The van der Waals surface area contributed by atoms with Crippen LogP contribution < -0.4 is 0 Å². The summed E-state index contributed by atoms with van der Waals surface area (Å²) in [6, 6.07) is 0. The number of hydrogen-bond donors (Lipinski definition) is 0. The van der Waals surface area contributed by atoms with Crippen LogP contribution in [0.15, 0.2) is 0 Å². The molecule has 118 valence electrons. The third kappa shape index (κ3) is 9.74. The lowest BCUT2D eigenvalue weighted by Crippen LogP contribution is -2.19. The molecule has 0 rings (SSSR count). The Morgan fingerprint density at radius 3 is 2.05 bits per heavy atom. The van der Waals surface area contributed by atoms with Gasteiger partial charge in [-0.25, -0.2) is 4.57 Å². The van der Waals surface area contributed by atoms with Gasteiger partial charge in [-0.3, -0.25) is 13.6 Å². The van der Waals surface area contributed by atoms with Crippen LogP contribution >= 0.6 is 7.82 Å². The van der Waals surface area contributed by atoms with Crippen molar-refractivity contribution >= 4 is 15.9 Å². The highest BCUT2D eigenvalue weighted by atomic mass is 31.2. The van der Waals surface area contributed by atoms with E-state index in [2.05, 4.69) is 38.0 Å². The molecule has 0 aromatic rings. The predicted molar refractivity (Wildman–Crippen MR) is 86.4 cm³/mol. The average Bonchev–Trinajstić information content (AvgIpc) is 2.32. The second-order valence-corrected chi connectivity index (χ2v) is 11.9. The van der Waals surface area contributed by atoms with Crippen LogP contribution in [0.3, 0.4) is 0 Å². The fourth-order valence-electron chi connectivity index (χ4n) is 1.41. The predicted octanol–water partition coefficient (Wildman–Crippen LogP) is 4.62. The lowest BCUT2D eigenvalue weighted by molar-refractivity contribution is 0.1000. The molecule has 0 saturated carbocycles. The minimum absolute atomic E-state index is 0.291. The molecule has 0 aromatic heterocycles. The first-order valence-electron chi connectivity index (χ1n) is 7.36. The van der Waals surface area contributed by atoms with E-state index in [1.165, 1.54) is 0 Å². The smallest absolute Gasteiger partial charge is 0.287 e. The average molecular weight is 320 g/mol. The Hall–Kier alpha value is -0.113. The van der Waals surface area contributed by atoms with E-state index in [1.807, 2.05) is 0 Å². The van der Waals surface area contributed by atoms with Gasteiger partial charge in [-0.1, -0.05) is 45.3 Å². The monoisotopic (exact) mass is 320 g/mol. The van der Waals surface area contributed by atoms with Gasteiger partial charge in [0.15, 0.2) is 0 Å². The molecule has 0 radical (unpaired) electrons. The van der Waals surface area contributed by atoms with Crippen molar-refractivity contribution in [1.82, 2.24) is 0 Å². The number of phosphoric ester groups is 1. The maximum absolute atomic E-state index is 12.4. The molecule has 0 heterocycles. The van der Waals surface area contributed by atoms with Gasteiger partial charge in [-0.2, -0.15) is 0 Å². The number of phosphoric acid groups is 1. The molecule has 0 aliphatic rings. The van der Waals surface area contributed by atoms with Crippen molar-refractivity contribution in [3.8, 4) is 11.5 Å². The summed E-state index contributed by atoms with van der Waals surface area (Å²) in [7, 11) is -4.97. The van der Waals surface area contributed by atoms with E-state index >= 15 is 0 Å². The molecule has 0 fully saturated rings. The standard InChI is InChI=1S/C14H29O4PSi/c1-7-10-11-14(12-13-20(4,5)6)18-19(15,16-8-2)17-9-3/h14H,7-11H2,1-6H3/t14-/m1/s1. The lowest BCUT2D eigenvalue weighted by atomic mass is 10.2. The second-order valence-electron chi connectivity index (χ2n) is 5.54. The molecule has 1 atom stereocenters. The van der Waals surface area contributed by atoms with E-state index in [0.717, 1.165) is 19.3 Å². The van der Waals surface area contributed by atoms with Gasteiger partial charge in [0.2, 0.25) is 0 Å². The lowest BCUT2D eigenvalue weighted by Gasteiger charge is -2.20. The number of hydrogen-bond acceptors (Lipinski definition) is 4. The SMILES string of the molecule is CCCC[C@H](C#C[Si](C)(C)C)OP(=O)(OCC)OCC. The van der Waals surface area contributed by atoms with Crippen molar-refractivity contribution in [3.05, 3.63) is 0 Å². The summed E-state index contributed by atoms with van der Waals surface area (Å²) in [4.78, 5) is 0. The van der Waals surface area contributed by atoms with Crippen LogP contribution in [0.5, 0.6) is 0 Å². The topological polar surface area (TPSA) is 44.8 Å².